The number of hydrogen-bond acceptors (Lipinski definition) is 4. The van der Waals surface area contributed by atoms with Crippen LogP contribution >= 0.6 is 11.8 Å². The predicted octanol–water partition coefficient (Wildman–Crippen LogP) is 4.26. The Balaban J connectivity index is 1.58. The van der Waals surface area contributed by atoms with E-state index < -0.39 is 0 Å². The molecule has 1 atom stereocenters. The fourth-order valence-corrected chi connectivity index (χ4v) is 4.72. The van der Waals surface area contributed by atoms with E-state index >= 15 is 0 Å². The normalized spacial score (nSPS) is 18.8. The number of likely N-dealkylation sites (tertiary alicyclic amines) is 1. The summed E-state index contributed by atoms with van der Waals surface area (Å²) in [6, 6.07) is 7.73. The highest BCUT2D eigenvalue weighted by Gasteiger charge is 2.19. The van der Waals surface area contributed by atoms with Crippen LogP contribution in [-0.2, 0) is 0 Å². The molecule has 3 heterocycles. The Morgan fingerprint density at radius 1 is 1.28 bits per heavy atom. The molecular formula is C19H21FN4S. The molecule has 0 unspecified atom stereocenters. The van der Waals surface area contributed by atoms with Crippen molar-refractivity contribution in [1.82, 2.24) is 20.1 Å². The molecule has 0 spiro atoms. The number of nitrogens with one attached hydrogen (secondary N) is 1. The third-order valence-electron chi connectivity index (χ3n) is 4.74. The number of rotatable bonds is 3. The number of aromatic nitrogens is 3. The topological polar surface area (TPSA) is 44.8 Å². The Morgan fingerprint density at radius 3 is 2.96 bits per heavy atom. The van der Waals surface area contributed by atoms with Gasteiger partial charge in [-0.3, -0.25) is 0 Å². The summed E-state index contributed by atoms with van der Waals surface area (Å²) < 4.78 is 13.6. The van der Waals surface area contributed by atoms with Gasteiger partial charge in [0, 0.05) is 34.5 Å². The molecule has 1 aliphatic rings. The second kappa shape index (κ2) is 6.77. The first-order valence-corrected chi connectivity index (χ1v) is 9.44. The van der Waals surface area contributed by atoms with Crippen molar-refractivity contribution in [2.75, 3.05) is 20.1 Å². The number of benzene rings is 1. The van der Waals surface area contributed by atoms with Gasteiger partial charge in [-0.1, -0.05) is 17.8 Å². The number of thioether (sulfide) groups is 1. The molecular weight excluding hydrogens is 335 g/mol. The van der Waals surface area contributed by atoms with Gasteiger partial charge < -0.3 is 9.88 Å². The molecule has 0 saturated carbocycles. The van der Waals surface area contributed by atoms with Crippen LogP contribution in [0.4, 0.5) is 4.39 Å². The number of piperidine rings is 1. The van der Waals surface area contributed by atoms with Crippen molar-refractivity contribution in [2.24, 2.45) is 0 Å². The molecule has 1 aliphatic heterocycles. The van der Waals surface area contributed by atoms with Crippen molar-refractivity contribution < 1.29 is 4.39 Å². The number of H-pyrrole nitrogens is 1. The Labute approximate surface area is 150 Å². The Morgan fingerprint density at radius 2 is 2.16 bits per heavy atom. The molecule has 1 saturated heterocycles. The monoisotopic (exact) mass is 356 g/mol. The van der Waals surface area contributed by atoms with Gasteiger partial charge in [-0.15, -0.1) is 10.2 Å². The lowest BCUT2D eigenvalue weighted by Crippen LogP contribution is -2.33. The van der Waals surface area contributed by atoms with Gasteiger partial charge in [0.1, 0.15) is 10.8 Å². The SMILES string of the molecule is Cc1cc(S[C@@H]2CCCN(C)C2)nnc1-c1ccc2c(F)c[nH]c2c1. The van der Waals surface area contributed by atoms with Crippen molar-refractivity contribution >= 4 is 22.7 Å². The van der Waals surface area contributed by atoms with Gasteiger partial charge in [-0.2, -0.15) is 0 Å². The van der Waals surface area contributed by atoms with E-state index in [1.807, 2.05) is 23.9 Å². The molecule has 130 valence electrons. The minimum absolute atomic E-state index is 0.228. The highest BCUT2D eigenvalue weighted by Crippen LogP contribution is 2.31. The first kappa shape index (κ1) is 16.5. The quantitative estimate of drug-likeness (QED) is 0.762. The average molecular weight is 356 g/mol. The Bertz CT molecular complexity index is 908. The van der Waals surface area contributed by atoms with Crippen LogP contribution in [0.5, 0.6) is 0 Å². The number of fused-ring (bicyclic) bond motifs is 1. The van der Waals surface area contributed by atoms with Crippen molar-refractivity contribution in [3.63, 3.8) is 0 Å². The summed E-state index contributed by atoms with van der Waals surface area (Å²) in [6.45, 7) is 4.34. The lowest BCUT2D eigenvalue weighted by Gasteiger charge is -2.28. The summed E-state index contributed by atoms with van der Waals surface area (Å²) in [5.74, 6) is -0.228. The molecule has 4 rings (SSSR count). The summed E-state index contributed by atoms with van der Waals surface area (Å²) in [5, 5.41) is 11.0. The van der Waals surface area contributed by atoms with Crippen LogP contribution in [0.3, 0.4) is 0 Å². The number of aryl methyl sites for hydroxylation is 1. The average Bonchev–Trinajstić information content (AvgIpc) is 2.96. The standard InChI is InChI=1S/C19H21FN4S/c1-12-8-18(25-14-4-3-7-24(2)11-14)22-23-19(12)13-5-6-15-16(20)10-21-17(15)9-13/h5-6,8-10,14,21H,3-4,7,11H2,1-2H3/t14-/m1/s1. The van der Waals surface area contributed by atoms with Crippen molar-refractivity contribution in [3.8, 4) is 11.3 Å². The summed E-state index contributed by atoms with van der Waals surface area (Å²) in [6.07, 6.45) is 3.85. The molecule has 1 aromatic carbocycles. The lowest BCUT2D eigenvalue weighted by atomic mass is 10.1. The maximum Gasteiger partial charge on any atom is 0.148 e. The maximum atomic E-state index is 13.6. The van der Waals surface area contributed by atoms with Gasteiger partial charge in [-0.05, 0) is 57.1 Å². The zero-order chi connectivity index (χ0) is 17.4. The molecule has 0 radical (unpaired) electrons. The van der Waals surface area contributed by atoms with E-state index in [4.69, 9.17) is 0 Å². The van der Waals surface area contributed by atoms with Gasteiger partial charge >= 0.3 is 0 Å². The van der Waals surface area contributed by atoms with E-state index in [0.29, 0.717) is 10.6 Å². The molecule has 4 nitrogen and oxygen atoms in total. The minimum Gasteiger partial charge on any atom is -0.359 e. The van der Waals surface area contributed by atoms with Crippen LogP contribution in [0.15, 0.2) is 35.5 Å². The number of aromatic amines is 1. The third kappa shape index (κ3) is 3.41. The van der Waals surface area contributed by atoms with Crippen molar-refractivity contribution in [1.29, 1.82) is 0 Å². The number of halogens is 1. The Hall–Kier alpha value is -1.92. The highest BCUT2D eigenvalue weighted by atomic mass is 32.2. The second-order valence-electron chi connectivity index (χ2n) is 6.76. The van der Waals surface area contributed by atoms with Crippen LogP contribution in [0.2, 0.25) is 0 Å². The van der Waals surface area contributed by atoms with Crippen LogP contribution in [0, 0.1) is 12.7 Å². The molecule has 1 N–H and O–H groups in total. The van der Waals surface area contributed by atoms with Crippen LogP contribution in [0.25, 0.3) is 22.2 Å². The first-order chi connectivity index (χ1) is 12.1. The van der Waals surface area contributed by atoms with E-state index in [1.165, 1.54) is 25.6 Å². The van der Waals surface area contributed by atoms with E-state index in [-0.39, 0.29) is 5.82 Å². The van der Waals surface area contributed by atoms with E-state index in [2.05, 4.69) is 40.1 Å². The molecule has 0 bridgehead atoms. The zero-order valence-electron chi connectivity index (χ0n) is 14.4. The molecule has 25 heavy (non-hydrogen) atoms. The Kier molecular flexibility index (Phi) is 4.48. The van der Waals surface area contributed by atoms with E-state index in [1.54, 1.807) is 6.07 Å². The van der Waals surface area contributed by atoms with Crippen LogP contribution in [0.1, 0.15) is 18.4 Å². The van der Waals surface area contributed by atoms with Crippen LogP contribution < -0.4 is 0 Å². The second-order valence-corrected chi connectivity index (χ2v) is 8.08. The van der Waals surface area contributed by atoms with Crippen molar-refractivity contribution in [2.45, 2.75) is 30.0 Å². The summed E-state index contributed by atoms with van der Waals surface area (Å²) >= 11 is 1.82. The molecule has 6 heteroatoms. The summed E-state index contributed by atoms with van der Waals surface area (Å²) in [4.78, 5) is 5.33. The maximum absolute atomic E-state index is 13.6. The minimum atomic E-state index is -0.228. The first-order valence-electron chi connectivity index (χ1n) is 8.56. The van der Waals surface area contributed by atoms with Gasteiger partial charge in [-0.25, -0.2) is 4.39 Å². The largest absolute Gasteiger partial charge is 0.359 e. The molecule has 3 aromatic rings. The molecule has 0 amide bonds. The van der Waals surface area contributed by atoms with E-state index in [9.17, 15) is 4.39 Å². The van der Waals surface area contributed by atoms with Gasteiger partial charge in [0.15, 0.2) is 0 Å². The van der Waals surface area contributed by atoms with Gasteiger partial charge in [0.25, 0.3) is 0 Å². The summed E-state index contributed by atoms with van der Waals surface area (Å²) in [7, 11) is 2.17. The van der Waals surface area contributed by atoms with Crippen LogP contribution in [-0.4, -0.2) is 45.5 Å². The number of nitrogens with zero attached hydrogens (tertiary/aromatic N) is 3. The third-order valence-corrected chi connectivity index (χ3v) is 5.89. The fraction of sp³-hybridized carbons (Fsp3) is 0.368. The zero-order valence-corrected chi connectivity index (χ0v) is 15.2. The lowest BCUT2D eigenvalue weighted by molar-refractivity contribution is 0.283. The molecule has 0 aliphatic carbocycles. The number of hydrogen-bond donors (Lipinski definition) is 1. The predicted molar refractivity (Wildman–Crippen MR) is 100 cm³/mol. The molecule has 2 aromatic heterocycles. The highest BCUT2D eigenvalue weighted by molar-refractivity contribution is 7.99. The van der Waals surface area contributed by atoms with E-state index in [0.717, 1.165) is 33.9 Å². The summed E-state index contributed by atoms with van der Waals surface area (Å²) in [5.41, 5.74) is 3.67. The smallest absolute Gasteiger partial charge is 0.148 e. The van der Waals surface area contributed by atoms with Crippen molar-refractivity contribution in [3.05, 3.63) is 41.8 Å². The molecule has 1 fully saturated rings. The fourth-order valence-electron chi connectivity index (χ4n) is 3.43. The van der Waals surface area contributed by atoms with Gasteiger partial charge in [0.2, 0.25) is 0 Å². The van der Waals surface area contributed by atoms with Gasteiger partial charge in [0.05, 0.1) is 5.69 Å².